The average molecular weight is 688 g/mol. The third-order valence-corrected chi connectivity index (χ3v) is 12.3. The van der Waals surface area contributed by atoms with Gasteiger partial charge in [-0.2, -0.15) is 0 Å². The zero-order valence-electron chi connectivity index (χ0n) is 30.4. The van der Waals surface area contributed by atoms with Crippen LogP contribution in [-0.4, -0.2) is 6.92 Å². The fourth-order valence-corrected chi connectivity index (χ4v) is 10.5. The van der Waals surface area contributed by atoms with Crippen molar-refractivity contribution in [3.05, 3.63) is 155 Å². The highest BCUT2D eigenvalue weighted by atomic mass is 32.1. The molecule has 52 heavy (non-hydrogen) atoms. The number of nitrogens with zero attached hydrogens (tertiary/aromatic N) is 1. The molecular weight excluding hydrogens is 649 g/mol. The van der Waals surface area contributed by atoms with Crippen LogP contribution in [0.4, 0.5) is 17.1 Å². The Morgan fingerprint density at radius 1 is 0.538 bits per heavy atom. The molecule has 0 fully saturated rings. The Kier molecular flexibility index (Phi) is 6.88. The average Bonchev–Trinajstić information content (AvgIpc) is 3.49. The van der Waals surface area contributed by atoms with Gasteiger partial charge in [-0.1, -0.05) is 96.1 Å². The lowest BCUT2D eigenvalue weighted by molar-refractivity contribution is 0.590. The molecule has 2 nitrogen and oxygen atoms in total. The Bertz CT molecular complexity index is 2750. The predicted octanol–water partition coefficient (Wildman–Crippen LogP) is 12.2. The number of hydrogen-bond donors (Lipinski definition) is 0. The zero-order chi connectivity index (χ0) is 35.4. The molecule has 0 unspecified atom stereocenters. The Balaban J connectivity index is 1.27. The molecule has 10 rings (SSSR count). The number of para-hydroxylation sites is 1. The van der Waals surface area contributed by atoms with Crippen molar-refractivity contribution >= 4 is 66.4 Å². The Morgan fingerprint density at radius 3 is 1.87 bits per heavy atom. The highest BCUT2D eigenvalue weighted by molar-refractivity contribution is 7.26. The summed E-state index contributed by atoms with van der Waals surface area (Å²) in [5.74, 6) is 0.939. The topological polar surface area (TPSA) is 12.5 Å². The van der Waals surface area contributed by atoms with E-state index in [2.05, 4.69) is 168 Å². The van der Waals surface area contributed by atoms with Gasteiger partial charge in [-0.05, 0) is 133 Å². The molecule has 3 heterocycles. The molecule has 0 bridgehead atoms. The lowest BCUT2D eigenvalue weighted by atomic mass is 9.49. The zero-order valence-corrected chi connectivity index (χ0v) is 31.2. The van der Waals surface area contributed by atoms with Crippen molar-refractivity contribution in [2.45, 2.75) is 41.5 Å². The molecule has 0 radical (unpaired) electrons. The highest BCUT2D eigenvalue weighted by Gasteiger charge is 2.44. The van der Waals surface area contributed by atoms with E-state index in [4.69, 9.17) is 4.65 Å². The second-order valence-electron chi connectivity index (χ2n) is 14.9. The van der Waals surface area contributed by atoms with E-state index < -0.39 is 0 Å². The van der Waals surface area contributed by atoms with E-state index in [1.54, 1.807) is 0 Å². The first-order valence-corrected chi connectivity index (χ1v) is 19.0. The fourth-order valence-electron chi connectivity index (χ4n) is 9.38. The van der Waals surface area contributed by atoms with Gasteiger partial charge in [0, 0.05) is 48.3 Å². The lowest BCUT2D eigenvalue weighted by Crippen LogP contribution is -2.56. The largest absolute Gasteiger partial charge is 0.551 e. The first kappa shape index (κ1) is 31.2. The van der Waals surface area contributed by atoms with E-state index in [0.29, 0.717) is 0 Å². The molecule has 0 saturated heterocycles. The van der Waals surface area contributed by atoms with E-state index in [-0.39, 0.29) is 6.92 Å². The number of benzene rings is 7. The van der Waals surface area contributed by atoms with Crippen molar-refractivity contribution in [2.75, 3.05) is 4.90 Å². The van der Waals surface area contributed by atoms with E-state index in [0.717, 1.165) is 22.7 Å². The van der Waals surface area contributed by atoms with Crippen LogP contribution in [0, 0.1) is 41.5 Å². The summed E-state index contributed by atoms with van der Waals surface area (Å²) in [6, 6.07) is 45.3. The van der Waals surface area contributed by atoms with Gasteiger partial charge >= 0.3 is 6.92 Å². The summed E-state index contributed by atoms with van der Waals surface area (Å²) in [6.45, 7) is 13.0. The minimum atomic E-state index is -0.252. The summed E-state index contributed by atoms with van der Waals surface area (Å²) in [6.07, 6.45) is 0. The van der Waals surface area contributed by atoms with E-state index in [1.807, 2.05) is 11.3 Å². The monoisotopic (exact) mass is 687 g/mol. The van der Waals surface area contributed by atoms with Crippen LogP contribution < -0.4 is 20.5 Å². The van der Waals surface area contributed by atoms with Gasteiger partial charge in [-0.15, -0.1) is 11.3 Å². The normalized spacial score (nSPS) is 12.9. The van der Waals surface area contributed by atoms with Crippen molar-refractivity contribution in [1.82, 2.24) is 0 Å². The van der Waals surface area contributed by atoms with Gasteiger partial charge < -0.3 is 9.55 Å². The molecule has 0 aliphatic carbocycles. The van der Waals surface area contributed by atoms with Crippen LogP contribution in [0.15, 0.2) is 121 Å². The third-order valence-electron chi connectivity index (χ3n) is 11.2. The van der Waals surface area contributed by atoms with Crippen LogP contribution in [0.1, 0.15) is 33.4 Å². The predicted molar refractivity (Wildman–Crippen MR) is 224 cm³/mol. The van der Waals surface area contributed by atoms with Crippen molar-refractivity contribution in [2.24, 2.45) is 0 Å². The Morgan fingerprint density at radius 2 is 1.15 bits per heavy atom. The van der Waals surface area contributed by atoms with Gasteiger partial charge in [0.25, 0.3) is 0 Å². The third kappa shape index (κ3) is 4.57. The summed E-state index contributed by atoms with van der Waals surface area (Å²) < 4.78 is 9.75. The number of fused-ring (bicyclic) bond motifs is 8. The molecular formula is C48H38BNOS. The van der Waals surface area contributed by atoms with Crippen molar-refractivity contribution in [3.63, 3.8) is 0 Å². The highest BCUT2D eigenvalue weighted by Crippen LogP contribution is 2.50. The summed E-state index contributed by atoms with van der Waals surface area (Å²) in [5.41, 5.74) is 21.3. The molecule has 2 aliphatic heterocycles. The summed E-state index contributed by atoms with van der Waals surface area (Å²) in [4.78, 5) is 2.49. The van der Waals surface area contributed by atoms with E-state index in [1.165, 1.54) is 98.0 Å². The molecule has 250 valence electrons. The molecule has 2 aliphatic rings. The summed E-state index contributed by atoms with van der Waals surface area (Å²) in [5, 5.41) is 2.63. The number of anilines is 3. The van der Waals surface area contributed by atoms with Gasteiger partial charge in [-0.3, -0.25) is 0 Å². The summed E-state index contributed by atoms with van der Waals surface area (Å²) in [7, 11) is 0. The molecule has 0 amide bonds. The second kappa shape index (κ2) is 11.5. The van der Waals surface area contributed by atoms with Gasteiger partial charge in [0.15, 0.2) is 0 Å². The fraction of sp³-hybridized carbons (Fsp3) is 0.125. The van der Waals surface area contributed by atoms with Crippen LogP contribution in [0.3, 0.4) is 0 Å². The molecule has 0 spiro atoms. The minimum absolute atomic E-state index is 0.252. The van der Waals surface area contributed by atoms with Gasteiger partial charge in [0.1, 0.15) is 5.75 Å². The van der Waals surface area contributed by atoms with Crippen molar-refractivity contribution in [1.29, 1.82) is 0 Å². The SMILES string of the molecule is Cc1cc(C)c(-c2ccc(N3c4ccc(-c5c(C)cc(C)cc5C)cc4B4Oc5ccccc5-c5c4c3cc3sc4ccccc4c53)cc2)c(C)c1. The van der Waals surface area contributed by atoms with Gasteiger partial charge in [0.05, 0.1) is 0 Å². The Hall–Kier alpha value is -5.58. The first-order chi connectivity index (χ1) is 25.2. The number of rotatable bonds is 3. The molecule has 8 aromatic rings. The quantitative estimate of drug-likeness (QED) is 0.171. The molecule has 1 aromatic heterocycles. The lowest BCUT2D eigenvalue weighted by Gasteiger charge is -2.40. The standard InChI is InChI=1S/C48H38BNOS/c1-27-21-29(3)44(30(4)22-27)33-15-18-35(19-16-33)50-39-20-17-34(45-31(5)23-28(2)24-32(45)6)25-38(39)49-48-40(50)26-43-46(37-12-8-10-14-42(37)52-43)47(48)36-11-7-9-13-41(36)51-49/h7-26H,1-6H3. The smallest absolute Gasteiger partial charge is 0.431 e. The van der Waals surface area contributed by atoms with E-state index in [9.17, 15) is 0 Å². The molecule has 0 saturated carbocycles. The van der Waals surface area contributed by atoms with Crippen LogP contribution >= 0.6 is 11.3 Å². The molecule has 0 N–H and O–H groups in total. The summed E-state index contributed by atoms with van der Waals surface area (Å²) >= 11 is 1.88. The second-order valence-corrected chi connectivity index (χ2v) is 15.9. The molecule has 4 heteroatoms. The maximum Gasteiger partial charge on any atom is 0.431 e. The first-order valence-electron chi connectivity index (χ1n) is 18.2. The Labute approximate surface area is 310 Å². The van der Waals surface area contributed by atoms with Gasteiger partial charge in [-0.25, -0.2) is 0 Å². The maximum atomic E-state index is 7.15. The van der Waals surface area contributed by atoms with Crippen molar-refractivity contribution < 1.29 is 4.65 Å². The van der Waals surface area contributed by atoms with E-state index >= 15 is 0 Å². The minimum Gasteiger partial charge on any atom is -0.551 e. The molecule has 0 atom stereocenters. The van der Waals surface area contributed by atoms with Gasteiger partial charge in [0.2, 0.25) is 0 Å². The van der Waals surface area contributed by atoms with Crippen LogP contribution in [0.5, 0.6) is 5.75 Å². The van der Waals surface area contributed by atoms with Crippen LogP contribution in [0.2, 0.25) is 0 Å². The maximum absolute atomic E-state index is 7.15. The number of hydrogen-bond acceptors (Lipinski definition) is 3. The number of aryl methyl sites for hydroxylation is 6. The van der Waals surface area contributed by atoms with Crippen LogP contribution in [0.25, 0.3) is 53.6 Å². The van der Waals surface area contributed by atoms with Crippen molar-refractivity contribution in [3.8, 4) is 39.1 Å². The number of thiophene rings is 1. The van der Waals surface area contributed by atoms with Crippen LogP contribution in [-0.2, 0) is 0 Å². The molecule has 7 aromatic carbocycles.